The van der Waals surface area contributed by atoms with Crippen molar-refractivity contribution in [3.8, 4) is 0 Å². The van der Waals surface area contributed by atoms with E-state index in [1.807, 2.05) is 58.1 Å². The highest BCUT2D eigenvalue weighted by Gasteiger charge is 2.26. The van der Waals surface area contributed by atoms with E-state index < -0.39 is 0 Å². The molecule has 8 heteroatoms. The zero-order valence-electron chi connectivity index (χ0n) is 18.5. The van der Waals surface area contributed by atoms with Crippen LogP contribution >= 0.6 is 11.6 Å². The van der Waals surface area contributed by atoms with Gasteiger partial charge in [-0.3, -0.25) is 9.59 Å². The molecule has 4 heterocycles. The number of benzene rings is 1. The van der Waals surface area contributed by atoms with Gasteiger partial charge in [0.2, 0.25) is 0 Å². The molecule has 0 saturated carbocycles. The zero-order valence-corrected chi connectivity index (χ0v) is 19.3. The number of piperidine rings is 1. The smallest absolute Gasteiger partial charge is 0.256 e. The summed E-state index contributed by atoms with van der Waals surface area (Å²) in [7, 11) is 0. The maximum absolute atomic E-state index is 12.8. The zero-order chi connectivity index (χ0) is 23.5. The number of carbonyl (C=O) groups excluding carboxylic acids is 2. The molecule has 0 spiro atoms. The van der Waals surface area contributed by atoms with Crippen LogP contribution in [-0.4, -0.2) is 44.2 Å². The topological polar surface area (TPSA) is 79.6 Å². The van der Waals surface area contributed by atoms with E-state index in [0.29, 0.717) is 36.7 Å². The molecule has 1 aromatic carbocycles. The Bertz CT molecular complexity index is 1330. The second kappa shape index (κ2) is 9.65. The quantitative estimate of drug-likeness (QED) is 0.437. The standard InChI is InChI=1S/C26H24ClN5O2/c27-24-22(2-1-10-29-24)26(34)32-13-8-20(9-14-32)19-3-5-21(6-4-19)25(33)30-17-18-7-12-31-15-11-28-23(31)16-18/h1-7,10-12,15-16,20H,8-9,13-14,17H2,(H,30,33). The molecule has 0 aliphatic carbocycles. The van der Waals surface area contributed by atoms with Gasteiger partial charge in [-0.05, 0) is 66.3 Å². The SMILES string of the molecule is O=C(NCc1ccn2ccnc2c1)c1ccc(C2CCN(C(=O)c3cccnc3Cl)CC2)cc1. The van der Waals surface area contributed by atoms with Crippen molar-refractivity contribution in [2.45, 2.75) is 25.3 Å². The molecule has 0 unspecified atom stereocenters. The first kappa shape index (κ1) is 22.1. The van der Waals surface area contributed by atoms with Crippen molar-refractivity contribution in [3.63, 3.8) is 0 Å². The number of amides is 2. The molecular weight excluding hydrogens is 450 g/mol. The number of rotatable bonds is 5. The first-order chi connectivity index (χ1) is 16.6. The van der Waals surface area contributed by atoms with E-state index in [0.717, 1.165) is 24.1 Å². The maximum Gasteiger partial charge on any atom is 0.256 e. The number of aromatic nitrogens is 3. The molecule has 1 aliphatic heterocycles. The van der Waals surface area contributed by atoms with Gasteiger partial charge >= 0.3 is 0 Å². The van der Waals surface area contributed by atoms with Crippen LogP contribution in [0.3, 0.4) is 0 Å². The third-order valence-electron chi connectivity index (χ3n) is 6.33. The first-order valence-corrected chi connectivity index (χ1v) is 11.7. The van der Waals surface area contributed by atoms with Crippen LogP contribution in [0.1, 0.15) is 50.6 Å². The number of hydrogen-bond donors (Lipinski definition) is 1. The maximum atomic E-state index is 12.8. The highest BCUT2D eigenvalue weighted by Crippen LogP contribution is 2.29. The van der Waals surface area contributed by atoms with E-state index in [-0.39, 0.29) is 17.0 Å². The number of likely N-dealkylation sites (tertiary alicyclic amines) is 1. The van der Waals surface area contributed by atoms with Crippen LogP contribution in [-0.2, 0) is 6.54 Å². The Hall–Kier alpha value is -3.71. The molecule has 0 atom stereocenters. The largest absolute Gasteiger partial charge is 0.348 e. The lowest BCUT2D eigenvalue weighted by atomic mass is 9.88. The van der Waals surface area contributed by atoms with Crippen LogP contribution in [0.5, 0.6) is 0 Å². The van der Waals surface area contributed by atoms with Crippen molar-refractivity contribution in [3.05, 3.63) is 101 Å². The van der Waals surface area contributed by atoms with E-state index in [1.165, 1.54) is 5.56 Å². The fourth-order valence-electron chi connectivity index (χ4n) is 4.39. The van der Waals surface area contributed by atoms with Gasteiger partial charge in [0.15, 0.2) is 0 Å². The summed E-state index contributed by atoms with van der Waals surface area (Å²) in [6.07, 6.45) is 8.88. The van der Waals surface area contributed by atoms with Crippen LogP contribution in [0.25, 0.3) is 5.65 Å². The van der Waals surface area contributed by atoms with Crippen molar-refractivity contribution in [2.75, 3.05) is 13.1 Å². The predicted octanol–water partition coefficient (Wildman–Crippen LogP) is 4.33. The lowest BCUT2D eigenvalue weighted by Gasteiger charge is -2.32. The average molecular weight is 474 g/mol. The van der Waals surface area contributed by atoms with Crippen LogP contribution in [0, 0.1) is 0 Å². The van der Waals surface area contributed by atoms with Crippen molar-refractivity contribution in [2.24, 2.45) is 0 Å². The molecule has 1 aliphatic rings. The van der Waals surface area contributed by atoms with Crippen molar-refractivity contribution in [1.82, 2.24) is 24.6 Å². The molecule has 0 bridgehead atoms. The van der Waals surface area contributed by atoms with Gasteiger partial charge in [0, 0.05) is 50.0 Å². The van der Waals surface area contributed by atoms with Gasteiger partial charge < -0.3 is 14.6 Å². The van der Waals surface area contributed by atoms with Gasteiger partial charge in [-0.1, -0.05) is 23.7 Å². The summed E-state index contributed by atoms with van der Waals surface area (Å²) < 4.78 is 1.93. The normalized spacial score (nSPS) is 14.3. The van der Waals surface area contributed by atoms with E-state index in [2.05, 4.69) is 15.3 Å². The van der Waals surface area contributed by atoms with Crippen molar-refractivity contribution < 1.29 is 9.59 Å². The highest BCUT2D eigenvalue weighted by atomic mass is 35.5. The molecule has 7 nitrogen and oxygen atoms in total. The third kappa shape index (κ3) is 4.65. The van der Waals surface area contributed by atoms with E-state index in [1.54, 1.807) is 24.5 Å². The molecule has 1 saturated heterocycles. The minimum Gasteiger partial charge on any atom is -0.348 e. The summed E-state index contributed by atoms with van der Waals surface area (Å²) in [4.78, 5) is 35.5. The van der Waals surface area contributed by atoms with E-state index in [9.17, 15) is 9.59 Å². The number of carbonyl (C=O) groups is 2. The van der Waals surface area contributed by atoms with Gasteiger partial charge in [-0.25, -0.2) is 9.97 Å². The Kier molecular flexibility index (Phi) is 6.27. The van der Waals surface area contributed by atoms with E-state index in [4.69, 9.17) is 11.6 Å². The third-order valence-corrected chi connectivity index (χ3v) is 6.63. The van der Waals surface area contributed by atoms with Gasteiger partial charge in [-0.2, -0.15) is 0 Å². The van der Waals surface area contributed by atoms with E-state index >= 15 is 0 Å². The first-order valence-electron chi connectivity index (χ1n) is 11.3. The second-order valence-electron chi connectivity index (χ2n) is 8.44. The summed E-state index contributed by atoms with van der Waals surface area (Å²) in [5, 5.41) is 3.21. The minimum atomic E-state index is -0.108. The number of nitrogens with one attached hydrogen (secondary N) is 1. The molecule has 1 fully saturated rings. The number of pyridine rings is 2. The minimum absolute atomic E-state index is 0.0736. The Morgan fingerprint density at radius 3 is 2.56 bits per heavy atom. The molecule has 1 N–H and O–H groups in total. The van der Waals surface area contributed by atoms with Gasteiger partial charge in [0.25, 0.3) is 11.8 Å². The molecular formula is C26H24ClN5O2. The molecule has 0 radical (unpaired) electrons. The molecule has 2 amide bonds. The summed E-state index contributed by atoms with van der Waals surface area (Å²) in [6, 6.07) is 15.1. The number of nitrogens with zero attached hydrogens (tertiary/aromatic N) is 4. The fourth-order valence-corrected chi connectivity index (χ4v) is 4.59. The fraction of sp³-hybridized carbons (Fsp3) is 0.231. The molecule has 5 rings (SSSR count). The lowest BCUT2D eigenvalue weighted by molar-refractivity contribution is 0.0712. The van der Waals surface area contributed by atoms with Crippen LogP contribution in [0.4, 0.5) is 0 Å². The van der Waals surface area contributed by atoms with Gasteiger partial charge in [0.05, 0.1) is 5.56 Å². The summed E-state index contributed by atoms with van der Waals surface area (Å²) in [5.41, 5.74) is 4.12. The molecule has 34 heavy (non-hydrogen) atoms. The number of hydrogen-bond acceptors (Lipinski definition) is 4. The Labute approximate surface area is 202 Å². The van der Waals surface area contributed by atoms with Gasteiger partial charge in [-0.15, -0.1) is 0 Å². The Morgan fingerprint density at radius 1 is 1.00 bits per heavy atom. The van der Waals surface area contributed by atoms with Crippen LogP contribution in [0.15, 0.2) is 73.3 Å². The summed E-state index contributed by atoms with van der Waals surface area (Å²) in [5.74, 6) is 0.172. The molecule has 3 aromatic heterocycles. The van der Waals surface area contributed by atoms with Crippen LogP contribution in [0.2, 0.25) is 5.15 Å². The number of imidazole rings is 1. The average Bonchev–Trinajstić information content (AvgIpc) is 3.35. The van der Waals surface area contributed by atoms with Crippen molar-refractivity contribution >= 4 is 29.1 Å². The highest BCUT2D eigenvalue weighted by molar-refractivity contribution is 6.32. The summed E-state index contributed by atoms with van der Waals surface area (Å²) >= 11 is 6.08. The second-order valence-corrected chi connectivity index (χ2v) is 8.80. The monoisotopic (exact) mass is 473 g/mol. The molecule has 4 aromatic rings. The molecule has 172 valence electrons. The lowest BCUT2D eigenvalue weighted by Crippen LogP contribution is -2.38. The Balaban J connectivity index is 1.15. The van der Waals surface area contributed by atoms with Crippen LogP contribution < -0.4 is 5.32 Å². The predicted molar refractivity (Wildman–Crippen MR) is 130 cm³/mol. The van der Waals surface area contributed by atoms with Crippen molar-refractivity contribution in [1.29, 1.82) is 0 Å². The summed E-state index contributed by atoms with van der Waals surface area (Å²) in [6.45, 7) is 1.77. The number of halogens is 1. The van der Waals surface area contributed by atoms with Gasteiger partial charge in [0.1, 0.15) is 10.8 Å². The Morgan fingerprint density at radius 2 is 1.79 bits per heavy atom. The number of fused-ring (bicyclic) bond motifs is 1.